The van der Waals surface area contributed by atoms with E-state index in [4.69, 9.17) is 17.3 Å². The minimum absolute atomic E-state index is 0.0569. The summed E-state index contributed by atoms with van der Waals surface area (Å²) in [6.45, 7) is 0.593. The largest absolute Gasteiger partial charge is 0.330 e. The van der Waals surface area contributed by atoms with E-state index in [0.717, 1.165) is 28.5 Å². The van der Waals surface area contributed by atoms with Gasteiger partial charge in [-0.05, 0) is 66.1 Å². The van der Waals surface area contributed by atoms with Gasteiger partial charge in [-0.25, -0.2) is 0 Å². The van der Waals surface area contributed by atoms with E-state index in [-0.39, 0.29) is 11.8 Å². The molecule has 1 aliphatic carbocycles. The Kier molecular flexibility index (Phi) is 4.86. The Morgan fingerprint density at radius 1 is 1.50 bits per heavy atom. The molecule has 3 N–H and O–H groups in total. The lowest BCUT2D eigenvalue weighted by molar-refractivity contribution is -0.120. The second kappa shape index (κ2) is 6.21. The van der Waals surface area contributed by atoms with E-state index in [2.05, 4.69) is 27.9 Å². The van der Waals surface area contributed by atoms with Crippen molar-refractivity contribution in [3.8, 4) is 0 Å². The van der Waals surface area contributed by atoms with Gasteiger partial charge in [0.2, 0.25) is 5.91 Å². The fourth-order valence-electron chi connectivity index (χ4n) is 2.48. The van der Waals surface area contributed by atoms with Gasteiger partial charge in [-0.1, -0.05) is 18.0 Å². The van der Waals surface area contributed by atoms with Crippen molar-refractivity contribution in [2.75, 3.05) is 11.9 Å². The topological polar surface area (TPSA) is 55.1 Å². The van der Waals surface area contributed by atoms with Gasteiger partial charge in [0.25, 0.3) is 0 Å². The SMILES string of the molecule is NCC1CCCC1C(=O)Nc1ccc(Cl)cc1I. The highest BCUT2D eigenvalue weighted by Crippen LogP contribution is 2.32. The average Bonchev–Trinajstić information content (AvgIpc) is 2.81. The van der Waals surface area contributed by atoms with Crippen molar-refractivity contribution >= 4 is 45.8 Å². The van der Waals surface area contributed by atoms with E-state index >= 15 is 0 Å². The number of carbonyl (C=O) groups is 1. The molecule has 2 rings (SSSR count). The smallest absolute Gasteiger partial charge is 0.227 e. The van der Waals surface area contributed by atoms with Gasteiger partial charge >= 0.3 is 0 Å². The van der Waals surface area contributed by atoms with Crippen LogP contribution < -0.4 is 11.1 Å². The number of amides is 1. The zero-order valence-corrected chi connectivity index (χ0v) is 12.9. The summed E-state index contributed by atoms with van der Waals surface area (Å²) < 4.78 is 0.954. The monoisotopic (exact) mass is 378 g/mol. The number of hydrogen-bond donors (Lipinski definition) is 2. The first-order chi connectivity index (χ1) is 8.61. The molecule has 0 aromatic heterocycles. The molecule has 0 spiro atoms. The summed E-state index contributed by atoms with van der Waals surface area (Å²) in [6, 6.07) is 5.47. The molecule has 2 atom stereocenters. The zero-order valence-electron chi connectivity index (χ0n) is 9.96. The van der Waals surface area contributed by atoms with Crippen LogP contribution in [0.15, 0.2) is 18.2 Å². The Morgan fingerprint density at radius 3 is 2.94 bits per heavy atom. The third-order valence-corrected chi connectivity index (χ3v) is 4.62. The Balaban J connectivity index is 2.07. The first-order valence-electron chi connectivity index (χ1n) is 6.08. The van der Waals surface area contributed by atoms with Gasteiger partial charge in [0.15, 0.2) is 0 Å². The van der Waals surface area contributed by atoms with Crippen LogP contribution in [0.5, 0.6) is 0 Å². The second-order valence-corrected chi connectivity index (χ2v) is 6.25. The average molecular weight is 379 g/mol. The number of nitrogens with one attached hydrogen (secondary N) is 1. The summed E-state index contributed by atoms with van der Waals surface area (Å²) in [5, 5.41) is 3.66. The van der Waals surface area contributed by atoms with Crippen molar-refractivity contribution in [3.05, 3.63) is 26.8 Å². The van der Waals surface area contributed by atoms with Gasteiger partial charge < -0.3 is 11.1 Å². The van der Waals surface area contributed by atoms with Gasteiger partial charge in [-0.15, -0.1) is 0 Å². The van der Waals surface area contributed by atoms with E-state index in [9.17, 15) is 4.79 Å². The first kappa shape index (κ1) is 14.1. The van der Waals surface area contributed by atoms with Crippen LogP contribution in [0.3, 0.4) is 0 Å². The molecule has 18 heavy (non-hydrogen) atoms. The maximum Gasteiger partial charge on any atom is 0.227 e. The molecule has 1 aromatic rings. The van der Waals surface area contributed by atoms with Crippen LogP contribution in [-0.2, 0) is 4.79 Å². The molecule has 0 bridgehead atoms. The van der Waals surface area contributed by atoms with Crippen LogP contribution in [-0.4, -0.2) is 12.5 Å². The number of hydrogen-bond acceptors (Lipinski definition) is 2. The van der Waals surface area contributed by atoms with Crippen molar-refractivity contribution < 1.29 is 4.79 Å². The molecule has 98 valence electrons. The predicted molar refractivity (Wildman–Crippen MR) is 82.7 cm³/mol. The van der Waals surface area contributed by atoms with E-state index in [1.165, 1.54) is 0 Å². The van der Waals surface area contributed by atoms with Gasteiger partial charge in [0, 0.05) is 14.5 Å². The minimum atomic E-state index is 0.0569. The van der Waals surface area contributed by atoms with Crippen LogP contribution in [0.25, 0.3) is 0 Å². The number of nitrogens with two attached hydrogens (primary N) is 1. The number of rotatable bonds is 3. The second-order valence-electron chi connectivity index (χ2n) is 4.65. The predicted octanol–water partition coefficient (Wildman–Crippen LogP) is 3.26. The standard InChI is InChI=1S/C13H16ClIN2O/c14-9-4-5-12(11(15)6-9)17-13(18)10-3-1-2-8(10)7-16/h4-6,8,10H,1-3,7,16H2,(H,17,18). The Labute approximate surface area is 126 Å². The van der Waals surface area contributed by atoms with Crippen molar-refractivity contribution in [1.29, 1.82) is 0 Å². The number of anilines is 1. The number of carbonyl (C=O) groups excluding carboxylic acids is 1. The lowest BCUT2D eigenvalue weighted by atomic mass is 9.95. The van der Waals surface area contributed by atoms with Crippen molar-refractivity contribution in [2.45, 2.75) is 19.3 Å². The molecule has 1 fully saturated rings. The Hall–Kier alpha value is -0.330. The molecular formula is C13H16ClIN2O. The maximum atomic E-state index is 12.2. The lowest BCUT2D eigenvalue weighted by Crippen LogP contribution is -2.29. The highest BCUT2D eigenvalue weighted by Gasteiger charge is 2.32. The van der Waals surface area contributed by atoms with Gasteiger partial charge in [0.05, 0.1) is 5.69 Å². The fraction of sp³-hybridized carbons (Fsp3) is 0.462. The molecular weight excluding hydrogens is 363 g/mol. The first-order valence-corrected chi connectivity index (χ1v) is 7.53. The Morgan fingerprint density at radius 2 is 2.28 bits per heavy atom. The lowest BCUT2D eigenvalue weighted by Gasteiger charge is -2.18. The normalized spacial score (nSPS) is 23.1. The van der Waals surface area contributed by atoms with Crippen molar-refractivity contribution in [1.82, 2.24) is 0 Å². The highest BCUT2D eigenvalue weighted by molar-refractivity contribution is 14.1. The highest BCUT2D eigenvalue weighted by atomic mass is 127. The summed E-state index contributed by atoms with van der Waals surface area (Å²) in [4.78, 5) is 12.2. The number of halogens is 2. The van der Waals surface area contributed by atoms with E-state index < -0.39 is 0 Å². The summed E-state index contributed by atoms with van der Waals surface area (Å²) >= 11 is 8.07. The molecule has 5 heteroatoms. The maximum absolute atomic E-state index is 12.2. The van der Waals surface area contributed by atoms with E-state index in [1.54, 1.807) is 6.07 Å². The molecule has 3 nitrogen and oxygen atoms in total. The molecule has 0 saturated heterocycles. The van der Waals surface area contributed by atoms with E-state index in [0.29, 0.717) is 17.5 Å². The molecule has 1 aliphatic rings. The fourth-order valence-corrected chi connectivity index (χ4v) is 3.49. The Bertz CT molecular complexity index is 453. The van der Waals surface area contributed by atoms with Crippen LogP contribution in [0.1, 0.15) is 19.3 Å². The molecule has 1 aromatic carbocycles. The van der Waals surface area contributed by atoms with Gasteiger partial charge in [0.1, 0.15) is 0 Å². The van der Waals surface area contributed by atoms with Crippen molar-refractivity contribution in [3.63, 3.8) is 0 Å². The van der Waals surface area contributed by atoms with Gasteiger partial charge in [-0.2, -0.15) is 0 Å². The molecule has 0 heterocycles. The zero-order chi connectivity index (χ0) is 13.1. The minimum Gasteiger partial charge on any atom is -0.330 e. The molecule has 0 radical (unpaired) electrons. The van der Waals surface area contributed by atoms with Gasteiger partial charge in [-0.3, -0.25) is 4.79 Å². The third kappa shape index (κ3) is 3.16. The summed E-state index contributed by atoms with van der Waals surface area (Å²) in [5.41, 5.74) is 6.53. The summed E-state index contributed by atoms with van der Waals surface area (Å²) in [6.07, 6.45) is 3.10. The summed E-state index contributed by atoms with van der Waals surface area (Å²) in [5.74, 6) is 0.472. The molecule has 2 unspecified atom stereocenters. The van der Waals surface area contributed by atoms with E-state index in [1.807, 2.05) is 12.1 Å². The van der Waals surface area contributed by atoms with Crippen LogP contribution in [0.4, 0.5) is 5.69 Å². The quantitative estimate of drug-likeness (QED) is 0.793. The molecule has 1 saturated carbocycles. The van der Waals surface area contributed by atoms with Crippen LogP contribution in [0.2, 0.25) is 5.02 Å². The molecule has 1 amide bonds. The third-order valence-electron chi connectivity index (χ3n) is 3.49. The van der Waals surface area contributed by atoms with Crippen LogP contribution >= 0.6 is 34.2 Å². The number of benzene rings is 1. The van der Waals surface area contributed by atoms with Crippen LogP contribution in [0, 0.1) is 15.4 Å². The summed E-state index contributed by atoms with van der Waals surface area (Å²) in [7, 11) is 0. The van der Waals surface area contributed by atoms with Crippen molar-refractivity contribution in [2.24, 2.45) is 17.6 Å². The molecule has 0 aliphatic heterocycles.